The number of hydroxylamine groups is 1. The maximum atomic E-state index is 11.3. The number of ether oxygens (including phenoxy) is 2. The van der Waals surface area contributed by atoms with Gasteiger partial charge in [0.25, 0.3) is 0 Å². The van der Waals surface area contributed by atoms with E-state index < -0.39 is 57.4 Å². The lowest BCUT2D eigenvalue weighted by Gasteiger charge is -2.46. The zero-order valence-electron chi connectivity index (χ0n) is 17.2. The molecule has 0 bridgehead atoms. The Labute approximate surface area is 177 Å². The molecule has 30 heavy (non-hydrogen) atoms. The van der Waals surface area contributed by atoms with Crippen LogP contribution in [0.5, 0.6) is 0 Å². The third kappa shape index (κ3) is 6.54. The molecule has 1 heterocycles. The summed E-state index contributed by atoms with van der Waals surface area (Å²) in [5.74, 6) is -1.63. The zero-order valence-corrected chi connectivity index (χ0v) is 18.8. The maximum Gasteiger partial charge on any atom is 0.397 e. The van der Waals surface area contributed by atoms with Gasteiger partial charge in [0.05, 0.1) is 18.8 Å². The number of nitrogens with one attached hydrogen (secondary N) is 1. The van der Waals surface area contributed by atoms with Crippen LogP contribution in [0.25, 0.3) is 0 Å². The monoisotopic (exact) mass is 476 g/mol. The van der Waals surface area contributed by atoms with Crippen LogP contribution < -0.4 is 5.48 Å². The van der Waals surface area contributed by atoms with Gasteiger partial charge >= 0.3 is 20.8 Å². The minimum atomic E-state index is -4.79. The van der Waals surface area contributed by atoms with Crippen molar-refractivity contribution in [3.8, 4) is 0 Å². The first-order valence-corrected chi connectivity index (χ1v) is 12.5. The minimum Gasteiger partial charge on any atom is -0.786 e. The Hall–Kier alpha value is -0.420. The molecule has 1 aliphatic carbocycles. The number of rotatable bonds is 9. The molecule has 0 amide bonds. The van der Waals surface area contributed by atoms with E-state index in [0.29, 0.717) is 6.42 Å². The van der Waals surface area contributed by atoms with Crippen LogP contribution in [0, 0.1) is 34.8 Å². The second kappa shape index (κ2) is 10.0. The van der Waals surface area contributed by atoms with Crippen molar-refractivity contribution < 1.29 is 43.8 Å². The summed E-state index contributed by atoms with van der Waals surface area (Å²) in [6.07, 6.45) is -2.47. The molecule has 3 N–H and O–H groups in total. The van der Waals surface area contributed by atoms with E-state index >= 15 is 0 Å². The van der Waals surface area contributed by atoms with Gasteiger partial charge < -0.3 is 20.2 Å². The van der Waals surface area contributed by atoms with E-state index in [9.17, 15) is 22.0 Å². The molecule has 0 spiro atoms. The Balaban J connectivity index is 2.22. The first kappa shape index (κ1) is 25.8. The summed E-state index contributed by atoms with van der Waals surface area (Å²) in [7, 11) is -9.41. The van der Waals surface area contributed by atoms with Gasteiger partial charge in [-0.15, -0.1) is 0 Å². The van der Waals surface area contributed by atoms with Crippen molar-refractivity contribution in [2.24, 2.45) is 29.6 Å². The third-order valence-corrected chi connectivity index (χ3v) is 7.05. The first-order chi connectivity index (χ1) is 13.8. The highest BCUT2D eigenvalue weighted by molar-refractivity contribution is 7.81. The molecule has 12 nitrogen and oxygen atoms in total. The third-order valence-electron chi connectivity index (χ3n) is 6.15. The van der Waals surface area contributed by atoms with Crippen molar-refractivity contribution >= 4 is 20.8 Å². The van der Waals surface area contributed by atoms with Crippen LogP contribution in [-0.4, -0.2) is 57.3 Å². The van der Waals surface area contributed by atoms with Crippen molar-refractivity contribution in [3.63, 3.8) is 0 Å². The van der Waals surface area contributed by atoms with Crippen molar-refractivity contribution in [1.82, 2.24) is 5.48 Å². The standard InChI is InChI=1S/C16H30NO11S2/c1-5-11-6-12(7-25-29(19,20)21)14(8(11)2)26-16-10(4)13(28-30(22,23)24)9(3)15(17-18)27-16/h8-17H,5-7H2,1-4H3,(H,19,20,21)(H,22,23,24)/q-1. The van der Waals surface area contributed by atoms with Crippen LogP contribution in [0.1, 0.15) is 40.5 Å². The number of hydrogen-bond acceptors (Lipinski definition) is 10. The lowest BCUT2D eigenvalue weighted by Crippen LogP contribution is -2.56. The van der Waals surface area contributed by atoms with Gasteiger partial charge in [0.2, 0.25) is 0 Å². The highest BCUT2D eigenvalue weighted by Crippen LogP contribution is 2.43. The lowest BCUT2D eigenvalue weighted by atomic mass is 9.88. The molecule has 14 heteroatoms. The fraction of sp³-hybridized carbons (Fsp3) is 1.00. The van der Waals surface area contributed by atoms with E-state index in [1.54, 1.807) is 12.4 Å². The van der Waals surface area contributed by atoms with Gasteiger partial charge in [-0.2, -0.15) is 16.8 Å². The van der Waals surface area contributed by atoms with Crippen LogP contribution in [0.15, 0.2) is 0 Å². The second-order valence-electron chi connectivity index (χ2n) is 8.09. The lowest BCUT2D eigenvalue weighted by molar-refractivity contribution is -0.284. The summed E-state index contributed by atoms with van der Waals surface area (Å²) >= 11 is 0. The van der Waals surface area contributed by atoms with Crippen LogP contribution in [0.3, 0.4) is 0 Å². The molecule has 2 fully saturated rings. The molecular weight excluding hydrogens is 446 g/mol. The smallest absolute Gasteiger partial charge is 0.397 e. The summed E-state index contributed by atoms with van der Waals surface area (Å²) in [6, 6.07) is 0. The highest BCUT2D eigenvalue weighted by Gasteiger charge is 2.48. The molecule has 9 unspecified atom stereocenters. The summed E-state index contributed by atoms with van der Waals surface area (Å²) in [5, 5.41) is 11.3. The van der Waals surface area contributed by atoms with E-state index in [2.05, 4.69) is 4.18 Å². The average molecular weight is 477 g/mol. The van der Waals surface area contributed by atoms with Gasteiger partial charge in [0, 0.05) is 17.8 Å². The maximum absolute atomic E-state index is 11.3. The summed E-state index contributed by atoms with van der Waals surface area (Å²) < 4.78 is 83.6. The van der Waals surface area contributed by atoms with Gasteiger partial charge in [0.1, 0.15) is 6.23 Å². The van der Waals surface area contributed by atoms with E-state index in [1.807, 2.05) is 13.8 Å². The molecule has 9 atom stereocenters. The predicted molar refractivity (Wildman–Crippen MR) is 103 cm³/mol. The van der Waals surface area contributed by atoms with E-state index in [0.717, 1.165) is 6.42 Å². The van der Waals surface area contributed by atoms with Gasteiger partial charge in [-0.25, -0.2) is 8.37 Å². The topological polar surface area (TPSA) is 181 Å². The molecule has 2 rings (SSSR count). The van der Waals surface area contributed by atoms with Crippen molar-refractivity contribution in [2.75, 3.05) is 6.61 Å². The molecule has 0 radical (unpaired) electrons. The Morgan fingerprint density at radius 3 is 2.13 bits per heavy atom. The molecule has 1 saturated carbocycles. The molecule has 0 aromatic rings. The quantitative estimate of drug-likeness (QED) is 0.319. The minimum absolute atomic E-state index is 0.0280. The second-order valence-corrected chi connectivity index (χ2v) is 10.2. The summed E-state index contributed by atoms with van der Waals surface area (Å²) in [5.41, 5.74) is 1.69. The van der Waals surface area contributed by atoms with Crippen molar-refractivity contribution in [2.45, 2.75) is 65.3 Å². The Kier molecular flexibility index (Phi) is 8.63. The predicted octanol–water partition coefficient (Wildman–Crippen LogP) is 1.10. The average Bonchev–Trinajstić information content (AvgIpc) is 2.93. The Morgan fingerprint density at radius 1 is 1.00 bits per heavy atom. The van der Waals surface area contributed by atoms with E-state index in [-0.39, 0.29) is 24.4 Å². The van der Waals surface area contributed by atoms with Crippen LogP contribution in [-0.2, 0) is 38.6 Å². The molecule has 2 aliphatic rings. The molecule has 0 aromatic carbocycles. The Morgan fingerprint density at radius 2 is 1.63 bits per heavy atom. The fourth-order valence-electron chi connectivity index (χ4n) is 4.50. The number of hydrogen-bond donors (Lipinski definition) is 3. The van der Waals surface area contributed by atoms with Crippen molar-refractivity contribution in [1.29, 1.82) is 0 Å². The van der Waals surface area contributed by atoms with Crippen LogP contribution >= 0.6 is 0 Å². The summed E-state index contributed by atoms with van der Waals surface area (Å²) in [4.78, 5) is 0. The van der Waals surface area contributed by atoms with Crippen LogP contribution in [0.2, 0.25) is 0 Å². The van der Waals surface area contributed by atoms with E-state index in [1.165, 1.54) is 6.92 Å². The van der Waals surface area contributed by atoms with Crippen LogP contribution in [0.4, 0.5) is 0 Å². The fourth-order valence-corrected chi connectivity index (χ4v) is 5.48. The van der Waals surface area contributed by atoms with Gasteiger partial charge in [-0.05, 0) is 18.3 Å². The van der Waals surface area contributed by atoms with Gasteiger partial charge in [-0.1, -0.05) is 34.1 Å². The van der Waals surface area contributed by atoms with Gasteiger partial charge in [-0.3, -0.25) is 9.11 Å². The molecule has 1 aliphatic heterocycles. The molecular formula is C16H30NO11S2-. The first-order valence-electron chi connectivity index (χ1n) is 9.73. The van der Waals surface area contributed by atoms with Crippen molar-refractivity contribution in [3.05, 3.63) is 5.21 Å². The molecule has 1 saturated heterocycles. The summed E-state index contributed by atoms with van der Waals surface area (Å²) in [6.45, 7) is 6.75. The van der Waals surface area contributed by atoms with Gasteiger partial charge in [0.15, 0.2) is 6.29 Å². The molecule has 0 aromatic heterocycles. The normalized spacial score (nSPS) is 40.6. The highest BCUT2D eigenvalue weighted by atomic mass is 32.3. The van der Waals surface area contributed by atoms with E-state index in [4.69, 9.17) is 22.8 Å². The zero-order chi connectivity index (χ0) is 22.9. The largest absolute Gasteiger partial charge is 0.786 e. The SMILES string of the molecule is CCC1CC(COS(=O)(=O)O)C(OC2OC(N[O-])C(C)C(OS(=O)(=O)O)C2C)C1C. The molecule has 178 valence electrons. The Bertz CT molecular complexity index is 774.